The molecule has 0 amide bonds. The summed E-state index contributed by atoms with van der Waals surface area (Å²) in [5.41, 5.74) is 0.883. The Morgan fingerprint density at radius 2 is 1.89 bits per heavy atom. The van der Waals surface area contributed by atoms with Crippen LogP contribution in [-0.4, -0.2) is 9.78 Å². The molecule has 0 saturated carbocycles. The third-order valence-electron chi connectivity index (χ3n) is 2.74. The zero-order chi connectivity index (χ0) is 13.3. The van der Waals surface area contributed by atoms with E-state index in [2.05, 4.69) is 5.10 Å². The van der Waals surface area contributed by atoms with E-state index in [1.807, 2.05) is 6.92 Å². The Labute approximate surface area is 103 Å². The van der Waals surface area contributed by atoms with Gasteiger partial charge in [-0.1, -0.05) is 19.1 Å². The molecule has 0 fully saturated rings. The van der Waals surface area contributed by atoms with Gasteiger partial charge in [0.25, 0.3) is 0 Å². The molecule has 0 bridgehead atoms. The minimum absolute atomic E-state index is 0.0715. The van der Waals surface area contributed by atoms with Crippen molar-refractivity contribution >= 4 is 0 Å². The Bertz CT molecular complexity index is 556. The monoisotopic (exact) mass is 254 g/mol. The number of hydrogen-bond donors (Lipinski definition) is 0. The average molecular weight is 254 g/mol. The van der Waals surface area contributed by atoms with Crippen LogP contribution in [0.15, 0.2) is 30.3 Å². The third-order valence-corrected chi connectivity index (χ3v) is 2.74. The number of aryl methyl sites for hydroxylation is 2. The molecular weight excluding hydrogens is 241 g/mol. The van der Waals surface area contributed by atoms with Crippen LogP contribution in [0.1, 0.15) is 23.9 Å². The maximum absolute atomic E-state index is 12.9. The summed E-state index contributed by atoms with van der Waals surface area (Å²) in [6.45, 7) is 3.67. The Morgan fingerprint density at radius 3 is 2.44 bits per heavy atom. The SMILES string of the molecule is CCc1cc(C)n(-c2ccccc2C(F)(F)F)n1. The summed E-state index contributed by atoms with van der Waals surface area (Å²) in [4.78, 5) is 0. The van der Waals surface area contributed by atoms with E-state index >= 15 is 0 Å². The summed E-state index contributed by atoms with van der Waals surface area (Å²) in [5.74, 6) is 0. The fourth-order valence-corrected chi connectivity index (χ4v) is 1.85. The van der Waals surface area contributed by atoms with Crippen molar-refractivity contribution in [1.82, 2.24) is 9.78 Å². The van der Waals surface area contributed by atoms with E-state index in [4.69, 9.17) is 0 Å². The quantitative estimate of drug-likeness (QED) is 0.797. The first-order valence-corrected chi connectivity index (χ1v) is 5.65. The largest absolute Gasteiger partial charge is 0.418 e. The van der Waals surface area contributed by atoms with Crippen LogP contribution in [0.25, 0.3) is 5.69 Å². The molecule has 0 saturated heterocycles. The molecule has 0 N–H and O–H groups in total. The van der Waals surface area contributed by atoms with Crippen LogP contribution in [0.4, 0.5) is 13.2 Å². The van der Waals surface area contributed by atoms with Crippen molar-refractivity contribution in [2.45, 2.75) is 26.4 Å². The second-order valence-corrected chi connectivity index (χ2v) is 4.06. The topological polar surface area (TPSA) is 17.8 Å². The molecule has 1 aromatic carbocycles. The Kier molecular flexibility index (Phi) is 3.15. The highest BCUT2D eigenvalue weighted by Crippen LogP contribution is 2.33. The molecule has 0 aliphatic rings. The number of hydrogen-bond acceptors (Lipinski definition) is 1. The Balaban J connectivity index is 2.60. The lowest BCUT2D eigenvalue weighted by Crippen LogP contribution is -2.12. The average Bonchev–Trinajstić information content (AvgIpc) is 2.69. The first-order valence-electron chi connectivity index (χ1n) is 5.65. The summed E-state index contributed by atoms with van der Waals surface area (Å²) >= 11 is 0. The van der Waals surface area contributed by atoms with Gasteiger partial charge in [-0.05, 0) is 31.5 Å². The van der Waals surface area contributed by atoms with Crippen molar-refractivity contribution in [3.8, 4) is 5.69 Å². The van der Waals surface area contributed by atoms with E-state index in [1.54, 1.807) is 19.1 Å². The highest BCUT2D eigenvalue weighted by atomic mass is 19.4. The van der Waals surface area contributed by atoms with E-state index in [-0.39, 0.29) is 5.69 Å². The van der Waals surface area contributed by atoms with E-state index in [9.17, 15) is 13.2 Å². The summed E-state index contributed by atoms with van der Waals surface area (Å²) < 4.78 is 40.1. The van der Waals surface area contributed by atoms with Crippen LogP contribution in [0.2, 0.25) is 0 Å². The molecule has 2 aromatic rings. The first-order chi connectivity index (χ1) is 8.43. The van der Waals surface area contributed by atoms with Gasteiger partial charge in [0.1, 0.15) is 0 Å². The lowest BCUT2D eigenvalue weighted by molar-refractivity contribution is -0.137. The second kappa shape index (κ2) is 4.48. The summed E-state index contributed by atoms with van der Waals surface area (Å²) in [7, 11) is 0. The molecule has 0 radical (unpaired) electrons. The van der Waals surface area contributed by atoms with Gasteiger partial charge in [-0.25, -0.2) is 4.68 Å². The van der Waals surface area contributed by atoms with Crippen molar-refractivity contribution in [2.75, 3.05) is 0 Å². The fourth-order valence-electron chi connectivity index (χ4n) is 1.85. The summed E-state index contributed by atoms with van der Waals surface area (Å²) in [6.07, 6.45) is -3.68. The molecule has 0 spiro atoms. The highest BCUT2D eigenvalue weighted by molar-refractivity contribution is 5.43. The molecule has 1 aromatic heterocycles. The van der Waals surface area contributed by atoms with Crippen molar-refractivity contribution in [2.24, 2.45) is 0 Å². The van der Waals surface area contributed by atoms with Gasteiger partial charge >= 0.3 is 6.18 Å². The van der Waals surface area contributed by atoms with Gasteiger partial charge in [0.2, 0.25) is 0 Å². The van der Waals surface area contributed by atoms with Gasteiger partial charge in [0.05, 0.1) is 16.9 Å². The number of aromatic nitrogens is 2. The van der Waals surface area contributed by atoms with Crippen LogP contribution < -0.4 is 0 Å². The molecule has 0 unspecified atom stereocenters. The minimum Gasteiger partial charge on any atom is -0.237 e. The Hall–Kier alpha value is -1.78. The lowest BCUT2D eigenvalue weighted by atomic mass is 10.1. The molecule has 5 heteroatoms. The van der Waals surface area contributed by atoms with Gasteiger partial charge < -0.3 is 0 Å². The first kappa shape index (κ1) is 12.7. The zero-order valence-electron chi connectivity index (χ0n) is 10.1. The normalized spacial score (nSPS) is 11.8. The predicted octanol–water partition coefficient (Wildman–Crippen LogP) is 3.76. The number of alkyl halides is 3. The molecule has 0 aliphatic heterocycles. The molecule has 0 atom stereocenters. The fraction of sp³-hybridized carbons (Fsp3) is 0.308. The number of nitrogens with zero attached hydrogens (tertiary/aromatic N) is 2. The van der Waals surface area contributed by atoms with Crippen molar-refractivity contribution in [3.63, 3.8) is 0 Å². The Morgan fingerprint density at radius 1 is 1.22 bits per heavy atom. The smallest absolute Gasteiger partial charge is 0.237 e. The van der Waals surface area contributed by atoms with Crippen LogP contribution in [0.5, 0.6) is 0 Å². The van der Waals surface area contributed by atoms with Crippen LogP contribution in [0.3, 0.4) is 0 Å². The van der Waals surface area contributed by atoms with Gasteiger partial charge in [-0.2, -0.15) is 18.3 Å². The maximum Gasteiger partial charge on any atom is 0.418 e. The van der Waals surface area contributed by atoms with Crippen LogP contribution in [0, 0.1) is 6.92 Å². The van der Waals surface area contributed by atoms with E-state index in [0.29, 0.717) is 12.1 Å². The molecule has 2 nitrogen and oxygen atoms in total. The van der Waals surface area contributed by atoms with Gasteiger partial charge in [0, 0.05) is 5.69 Å². The molecule has 0 aliphatic carbocycles. The van der Waals surface area contributed by atoms with E-state index < -0.39 is 11.7 Å². The van der Waals surface area contributed by atoms with Gasteiger partial charge in [0.15, 0.2) is 0 Å². The standard InChI is InChI=1S/C13H13F3N2/c1-3-10-8-9(2)18(17-10)12-7-5-4-6-11(12)13(14,15)16/h4-8H,3H2,1-2H3. The van der Waals surface area contributed by atoms with Crippen LogP contribution >= 0.6 is 0 Å². The molecule has 18 heavy (non-hydrogen) atoms. The van der Waals surface area contributed by atoms with Gasteiger partial charge in [-0.15, -0.1) is 0 Å². The zero-order valence-corrected chi connectivity index (χ0v) is 10.1. The predicted molar refractivity (Wildman–Crippen MR) is 62.7 cm³/mol. The van der Waals surface area contributed by atoms with Crippen molar-refractivity contribution in [3.05, 3.63) is 47.3 Å². The van der Waals surface area contributed by atoms with E-state index in [1.165, 1.54) is 16.8 Å². The molecule has 96 valence electrons. The number of benzene rings is 1. The van der Waals surface area contributed by atoms with Crippen LogP contribution in [-0.2, 0) is 12.6 Å². The number of rotatable bonds is 2. The van der Waals surface area contributed by atoms with Gasteiger partial charge in [-0.3, -0.25) is 0 Å². The molecule has 1 heterocycles. The minimum atomic E-state index is -4.37. The third kappa shape index (κ3) is 2.25. The van der Waals surface area contributed by atoms with Crippen molar-refractivity contribution < 1.29 is 13.2 Å². The molecule has 2 rings (SSSR count). The second-order valence-electron chi connectivity index (χ2n) is 4.06. The van der Waals surface area contributed by atoms with Crippen molar-refractivity contribution in [1.29, 1.82) is 0 Å². The number of para-hydroxylation sites is 1. The lowest BCUT2D eigenvalue weighted by Gasteiger charge is -2.13. The van der Waals surface area contributed by atoms with E-state index in [0.717, 1.165) is 11.8 Å². The maximum atomic E-state index is 12.9. The summed E-state index contributed by atoms with van der Waals surface area (Å²) in [6, 6.07) is 7.26. The summed E-state index contributed by atoms with van der Waals surface area (Å²) in [5, 5.41) is 4.19. The number of halogens is 3. The molecular formula is C13H13F3N2. The highest BCUT2D eigenvalue weighted by Gasteiger charge is 2.34.